The second-order valence-electron chi connectivity index (χ2n) is 8.01. The zero-order chi connectivity index (χ0) is 22.0. The molecule has 0 unspecified atom stereocenters. The van der Waals surface area contributed by atoms with Crippen LogP contribution in [0, 0.1) is 5.92 Å². The molecule has 0 radical (unpaired) electrons. The van der Waals surface area contributed by atoms with Gasteiger partial charge in [-0.2, -0.15) is 0 Å². The van der Waals surface area contributed by atoms with Crippen LogP contribution in [-0.2, 0) is 25.6 Å². The van der Waals surface area contributed by atoms with E-state index < -0.39 is 35.8 Å². The van der Waals surface area contributed by atoms with Crippen molar-refractivity contribution in [1.82, 2.24) is 10.6 Å². The first kappa shape index (κ1) is 24.3. The van der Waals surface area contributed by atoms with Crippen molar-refractivity contribution in [2.24, 2.45) is 5.92 Å². The third-order valence-corrected chi connectivity index (χ3v) is 3.97. The van der Waals surface area contributed by atoms with Gasteiger partial charge in [-0.15, -0.1) is 0 Å². The lowest BCUT2D eigenvalue weighted by atomic mass is 9.94. The Labute approximate surface area is 172 Å². The summed E-state index contributed by atoms with van der Waals surface area (Å²) in [6, 6.07) is 7.91. The molecule has 1 rings (SSSR count). The first-order chi connectivity index (χ1) is 13.5. The Hall–Kier alpha value is -2.77. The minimum Gasteiger partial charge on any atom is -0.469 e. The fraction of sp³-hybridized carbons (Fsp3) is 0.571. The summed E-state index contributed by atoms with van der Waals surface area (Å²) in [7, 11) is 1.26. The Morgan fingerprint density at radius 1 is 1.00 bits per heavy atom. The molecule has 2 atom stereocenters. The average Bonchev–Trinajstić information content (AvgIpc) is 2.63. The van der Waals surface area contributed by atoms with Gasteiger partial charge in [0.1, 0.15) is 12.2 Å². The van der Waals surface area contributed by atoms with Crippen molar-refractivity contribution in [2.45, 2.75) is 65.3 Å². The molecule has 0 aliphatic rings. The number of amides is 2. The molecule has 0 aliphatic carbocycles. The van der Waals surface area contributed by atoms with Gasteiger partial charge in [0.25, 0.3) is 0 Å². The number of methoxy groups -OCH3 is 1. The summed E-state index contributed by atoms with van der Waals surface area (Å²) in [5, 5.41) is 5.41. The topological polar surface area (TPSA) is 103 Å². The number of esters is 1. The van der Waals surface area contributed by atoms with Crippen LogP contribution >= 0.6 is 0 Å². The van der Waals surface area contributed by atoms with E-state index >= 15 is 0 Å². The lowest BCUT2D eigenvalue weighted by Gasteiger charge is -2.31. The van der Waals surface area contributed by atoms with E-state index in [1.165, 1.54) is 7.11 Å². The highest BCUT2D eigenvalue weighted by Crippen LogP contribution is 2.14. The molecule has 1 aromatic rings. The van der Waals surface area contributed by atoms with Crippen molar-refractivity contribution in [3.63, 3.8) is 0 Å². The van der Waals surface area contributed by atoms with Gasteiger partial charge in [-0.3, -0.25) is 4.79 Å². The molecule has 8 heteroatoms. The molecule has 0 aliphatic heterocycles. The van der Waals surface area contributed by atoms with Crippen LogP contribution in [0.15, 0.2) is 30.3 Å². The molecule has 0 aromatic heterocycles. The number of ether oxygens (including phenoxy) is 3. The second-order valence-corrected chi connectivity index (χ2v) is 8.01. The van der Waals surface area contributed by atoms with E-state index in [1.54, 1.807) is 20.8 Å². The Kier molecular flexibility index (Phi) is 9.44. The van der Waals surface area contributed by atoms with Crippen LogP contribution in [-0.4, -0.2) is 43.0 Å². The van der Waals surface area contributed by atoms with Crippen LogP contribution in [0.5, 0.6) is 0 Å². The van der Waals surface area contributed by atoms with E-state index in [0.717, 1.165) is 5.56 Å². The SMILES string of the molecule is COC(=O)C[C@@H](NC(=O)OCc1ccccc1)[C@@H](NC(=O)OC(C)(C)C)C(C)C. The van der Waals surface area contributed by atoms with Crippen LogP contribution in [0.1, 0.15) is 46.6 Å². The molecule has 2 N–H and O–H groups in total. The van der Waals surface area contributed by atoms with Gasteiger partial charge in [-0.1, -0.05) is 44.2 Å². The van der Waals surface area contributed by atoms with E-state index in [-0.39, 0.29) is 18.9 Å². The Bertz CT molecular complexity index is 669. The Morgan fingerprint density at radius 3 is 2.14 bits per heavy atom. The predicted molar refractivity (Wildman–Crippen MR) is 108 cm³/mol. The van der Waals surface area contributed by atoms with Crippen molar-refractivity contribution in [3.8, 4) is 0 Å². The second kappa shape index (κ2) is 11.3. The summed E-state index contributed by atoms with van der Waals surface area (Å²) >= 11 is 0. The molecule has 29 heavy (non-hydrogen) atoms. The average molecular weight is 408 g/mol. The first-order valence-electron chi connectivity index (χ1n) is 9.55. The quantitative estimate of drug-likeness (QED) is 0.505. The van der Waals surface area contributed by atoms with Crippen LogP contribution in [0.25, 0.3) is 0 Å². The minimum atomic E-state index is -0.738. The molecule has 0 fully saturated rings. The normalized spacial score (nSPS) is 13.2. The highest BCUT2D eigenvalue weighted by molar-refractivity contribution is 5.74. The lowest BCUT2D eigenvalue weighted by molar-refractivity contribution is -0.141. The zero-order valence-corrected chi connectivity index (χ0v) is 18.0. The van der Waals surface area contributed by atoms with Crippen LogP contribution in [0.4, 0.5) is 9.59 Å². The van der Waals surface area contributed by atoms with E-state index in [1.807, 2.05) is 44.2 Å². The fourth-order valence-corrected chi connectivity index (χ4v) is 2.62. The van der Waals surface area contributed by atoms with Crippen molar-refractivity contribution in [3.05, 3.63) is 35.9 Å². The fourth-order valence-electron chi connectivity index (χ4n) is 2.62. The molecule has 162 valence electrons. The maximum absolute atomic E-state index is 12.3. The van der Waals surface area contributed by atoms with Gasteiger partial charge in [-0.25, -0.2) is 9.59 Å². The predicted octanol–water partition coefficient (Wildman–Crippen LogP) is 3.39. The van der Waals surface area contributed by atoms with Gasteiger partial charge in [0.15, 0.2) is 0 Å². The van der Waals surface area contributed by atoms with E-state index in [4.69, 9.17) is 14.2 Å². The van der Waals surface area contributed by atoms with E-state index in [0.29, 0.717) is 0 Å². The monoisotopic (exact) mass is 408 g/mol. The van der Waals surface area contributed by atoms with Crippen molar-refractivity contribution < 1.29 is 28.6 Å². The summed E-state index contributed by atoms with van der Waals surface area (Å²) < 4.78 is 15.3. The van der Waals surface area contributed by atoms with Crippen molar-refractivity contribution >= 4 is 18.2 Å². The number of rotatable bonds is 8. The van der Waals surface area contributed by atoms with Gasteiger partial charge < -0.3 is 24.8 Å². The van der Waals surface area contributed by atoms with Gasteiger partial charge in [0.2, 0.25) is 0 Å². The molecular formula is C21H32N2O6. The van der Waals surface area contributed by atoms with Crippen LogP contribution < -0.4 is 10.6 Å². The number of nitrogens with one attached hydrogen (secondary N) is 2. The summed E-state index contributed by atoms with van der Waals surface area (Å²) in [5.74, 6) is -0.624. The summed E-state index contributed by atoms with van der Waals surface area (Å²) in [4.78, 5) is 36.4. The number of hydrogen-bond acceptors (Lipinski definition) is 6. The number of benzene rings is 1. The number of hydrogen-bond donors (Lipinski definition) is 2. The summed E-state index contributed by atoms with van der Waals surface area (Å²) in [5.41, 5.74) is 0.158. The van der Waals surface area contributed by atoms with Crippen molar-refractivity contribution in [2.75, 3.05) is 7.11 Å². The molecule has 0 spiro atoms. The third-order valence-electron chi connectivity index (χ3n) is 3.97. The summed E-state index contributed by atoms with van der Waals surface area (Å²) in [6.07, 6.45) is -1.46. The summed E-state index contributed by atoms with van der Waals surface area (Å²) in [6.45, 7) is 9.07. The molecule has 2 amide bonds. The van der Waals surface area contributed by atoms with Gasteiger partial charge in [0, 0.05) is 0 Å². The first-order valence-corrected chi connectivity index (χ1v) is 9.55. The zero-order valence-electron chi connectivity index (χ0n) is 18.0. The molecule has 0 bridgehead atoms. The van der Waals surface area contributed by atoms with Crippen LogP contribution in [0.2, 0.25) is 0 Å². The molecule has 0 heterocycles. The van der Waals surface area contributed by atoms with Crippen molar-refractivity contribution in [1.29, 1.82) is 0 Å². The lowest BCUT2D eigenvalue weighted by Crippen LogP contribution is -2.55. The largest absolute Gasteiger partial charge is 0.469 e. The van der Waals surface area contributed by atoms with Gasteiger partial charge >= 0.3 is 18.2 Å². The highest BCUT2D eigenvalue weighted by atomic mass is 16.6. The number of carbonyl (C=O) groups excluding carboxylic acids is 3. The Morgan fingerprint density at radius 2 is 1.62 bits per heavy atom. The molecule has 1 aromatic carbocycles. The molecule has 0 saturated heterocycles. The third kappa shape index (κ3) is 9.82. The van der Waals surface area contributed by atoms with Gasteiger partial charge in [0.05, 0.1) is 25.6 Å². The number of alkyl carbamates (subject to hydrolysis) is 2. The smallest absolute Gasteiger partial charge is 0.407 e. The Balaban J connectivity index is 2.84. The highest BCUT2D eigenvalue weighted by Gasteiger charge is 2.32. The molecule has 0 saturated carbocycles. The van der Waals surface area contributed by atoms with E-state index in [2.05, 4.69) is 10.6 Å². The maximum atomic E-state index is 12.3. The maximum Gasteiger partial charge on any atom is 0.407 e. The molecular weight excluding hydrogens is 376 g/mol. The number of carbonyl (C=O) groups is 3. The minimum absolute atomic E-state index is 0.0868. The van der Waals surface area contributed by atoms with E-state index in [9.17, 15) is 14.4 Å². The van der Waals surface area contributed by atoms with Crippen LogP contribution in [0.3, 0.4) is 0 Å². The standard InChI is InChI=1S/C21H32N2O6/c1-14(2)18(23-20(26)29-21(3,4)5)16(12-17(24)27-6)22-19(25)28-13-15-10-8-7-9-11-15/h7-11,14,16,18H,12-13H2,1-6H3,(H,22,25)(H,23,26)/t16-,18+/m1/s1. The molecule has 8 nitrogen and oxygen atoms in total. The van der Waals surface area contributed by atoms with Gasteiger partial charge in [-0.05, 0) is 32.3 Å².